The van der Waals surface area contributed by atoms with Gasteiger partial charge in [-0.05, 0) is 55.5 Å². The number of benzene rings is 2. The molecule has 0 spiro atoms. The van der Waals surface area contributed by atoms with Crippen LogP contribution in [0.5, 0.6) is 5.75 Å². The lowest BCUT2D eigenvalue weighted by Gasteiger charge is -2.31. The van der Waals surface area contributed by atoms with Crippen molar-refractivity contribution < 1.29 is 9.53 Å². The molecule has 1 aromatic heterocycles. The lowest BCUT2D eigenvalue weighted by molar-refractivity contribution is 0.248. The van der Waals surface area contributed by atoms with Crippen LogP contribution in [-0.2, 0) is 6.42 Å². The van der Waals surface area contributed by atoms with Gasteiger partial charge in [0.25, 0.3) is 0 Å². The minimum atomic E-state index is -0.178. The molecule has 0 unspecified atom stereocenters. The number of nitrogens with one attached hydrogen (secondary N) is 2. The summed E-state index contributed by atoms with van der Waals surface area (Å²) in [5.41, 5.74) is 3.24. The maximum absolute atomic E-state index is 12.2. The highest BCUT2D eigenvalue weighted by Gasteiger charge is 2.22. The summed E-state index contributed by atoms with van der Waals surface area (Å²) >= 11 is 1.48. The van der Waals surface area contributed by atoms with E-state index in [0.717, 1.165) is 54.7 Å². The number of amides is 2. The van der Waals surface area contributed by atoms with Crippen molar-refractivity contribution in [2.45, 2.75) is 26.2 Å². The number of hydrogen-bond donors (Lipinski definition) is 2. The van der Waals surface area contributed by atoms with Crippen LogP contribution in [0, 0.1) is 12.8 Å². The number of ether oxygens (including phenoxy) is 1. The molecule has 0 atom stereocenters. The van der Waals surface area contributed by atoms with Crippen molar-refractivity contribution in [2.75, 3.05) is 37.0 Å². The van der Waals surface area contributed by atoms with Crippen LogP contribution in [0.25, 0.3) is 0 Å². The lowest BCUT2D eigenvalue weighted by Crippen LogP contribution is -2.39. The van der Waals surface area contributed by atoms with E-state index in [4.69, 9.17) is 9.72 Å². The van der Waals surface area contributed by atoms with Crippen molar-refractivity contribution in [1.29, 1.82) is 0 Å². The lowest BCUT2D eigenvalue weighted by atomic mass is 9.97. The van der Waals surface area contributed by atoms with Gasteiger partial charge in [0.15, 0.2) is 0 Å². The molecular weight excluding hydrogens is 422 g/mol. The number of urea groups is 1. The van der Waals surface area contributed by atoms with Crippen LogP contribution >= 0.6 is 11.5 Å². The van der Waals surface area contributed by atoms with Crippen LogP contribution in [0.4, 0.5) is 15.6 Å². The van der Waals surface area contributed by atoms with E-state index in [1.165, 1.54) is 22.7 Å². The fourth-order valence-corrected chi connectivity index (χ4v) is 4.49. The van der Waals surface area contributed by atoms with E-state index in [2.05, 4.69) is 51.1 Å². The van der Waals surface area contributed by atoms with Gasteiger partial charge in [-0.2, -0.15) is 4.37 Å². The van der Waals surface area contributed by atoms with Crippen molar-refractivity contribution in [1.82, 2.24) is 14.7 Å². The smallest absolute Gasteiger partial charge is 0.319 e. The Labute approximate surface area is 193 Å². The molecule has 1 aliphatic rings. The van der Waals surface area contributed by atoms with E-state index in [0.29, 0.717) is 12.5 Å². The number of piperidine rings is 1. The molecule has 8 heteroatoms. The summed E-state index contributed by atoms with van der Waals surface area (Å²) in [7, 11) is 1.62. The van der Waals surface area contributed by atoms with E-state index in [-0.39, 0.29) is 6.03 Å². The third-order valence-corrected chi connectivity index (χ3v) is 6.54. The van der Waals surface area contributed by atoms with Crippen molar-refractivity contribution in [3.63, 3.8) is 0 Å². The summed E-state index contributed by atoms with van der Waals surface area (Å²) in [6, 6.07) is 15.6. The Balaban J connectivity index is 1.20. The van der Waals surface area contributed by atoms with Gasteiger partial charge in [0.1, 0.15) is 11.6 Å². The van der Waals surface area contributed by atoms with E-state index in [1.807, 2.05) is 24.3 Å². The fraction of sp³-hybridized carbons (Fsp3) is 0.375. The summed E-state index contributed by atoms with van der Waals surface area (Å²) in [5.74, 6) is 2.11. The molecule has 3 aromatic rings. The summed E-state index contributed by atoms with van der Waals surface area (Å²) in [6.45, 7) is 4.64. The highest BCUT2D eigenvalue weighted by atomic mass is 32.1. The zero-order valence-electron chi connectivity index (χ0n) is 18.5. The minimum absolute atomic E-state index is 0.178. The number of methoxy groups -OCH3 is 1. The average molecular weight is 452 g/mol. The first-order valence-corrected chi connectivity index (χ1v) is 11.7. The molecule has 1 aliphatic heterocycles. The van der Waals surface area contributed by atoms with E-state index in [9.17, 15) is 4.79 Å². The number of carbonyl (C=O) groups is 1. The molecule has 168 valence electrons. The first kappa shape index (κ1) is 22.1. The van der Waals surface area contributed by atoms with Gasteiger partial charge in [0.05, 0.1) is 7.11 Å². The number of aryl methyl sites for hydroxylation is 1. The minimum Gasteiger partial charge on any atom is -0.497 e. The second kappa shape index (κ2) is 10.5. The second-order valence-electron chi connectivity index (χ2n) is 8.15. The van der Waals surface area contributed by atoms with E-state index < -0.39 is 0 Å². The van der Waals surface area contributed by atoms with Gasteiger partial charge in [0, 0.05) is 43.3 Å². The first-order chi connectivity index (χ1) is 15.6. The van der Waals surface area contributed by atoms with E-state index >= 15 is 0 Å². The fourth-order valence-electron chi connectivity index (χ4n) is 3.75. The van der Waals surface area contributed by atoms with Crippen LogP contribution in [-0.4, -0.2) is 42.1 Å². The Bertz CT molecular complexity index is 1010. The molecule has 2 amide bonds. The molecule has 0 bridgehead atoms. The Kier molecular flexibility index (Phi) is 7.21. The van der Waals surface area contributed by atoms with Gasteiger partial charge in [-0.15, -0.1) is 0 Å². The third kappa shape index (κ3) is 5.97. The van der Waals surface area contributed by atoms with Gasteiger partial charge in [-0.3, -0.25) is 0 Å². The SMILES string of the molecule is COc1ccc(NC(=O)NCC2CCN(c3nc(Cc4ccc(C)cc4)ns3)CC2)cc1. The largest absolute Gasteiger partial charge is 0.497 e. The quantitative estimate of drug-likeness (QED) is 0.554. The third-order valence-electron chi connectivity index (χ3n) is 5.72. The zero-order chi connectivity index (χ0) is 22.3. The predicted octanol–water partition coefficient (Wildman–Crippen LogP) is 4.48. The summed E-state index contributed by atoms with van der Waals surface area (Å²) in [6.07, 6.45) is 2.81. The Morgan fingerprint density at radius 1 is 1.12 bits per heavy atom. The van der Waals surface area contributed by atoms with Crippen molar-refractivity contribution in [2.24, 2.45) is 5.92 Å². The molecule has 32 heavy (non-hydrogen) atoms. The van der Waals surface area contributed by atoms with Gasteiger partial charge in [-0.1, -0.05) is 29.8 Å². The van der Waals surface area contributed by atoms with Gasteiger partial charge in [-0.25, -0.2) is 9.78 Å². The molecule has 1 fully saturated rings. The molecule has 1 saturated heterocycles. The highest BCUT2D eigenvalue weighted by Crippen LogP contribution is 2.25. The van der Waals surface area contributed by atoms with Gasteiger partial charge >= 0.3 is 6.03 Å². The molecule has 7 nitrogen and oxygen atoms in total. The van der Waals surface area contributed by atoms with Crippen molar-refractivity contribution in [3.05, 3.63) is 65.5 Å². The van der Waals surface area contributed by atoms with Crippen LogP contribution in [0.2, 0.25) is 0 Å². The standard InChI is InChI=1S/C24H29N5O2S/c1-17-3-5-18(6-4-17)15-22-27-24(32-28-22)29-13-11-19(12-14-29)16-25-23(30)26-20-7-9-21(31-2)10-8-20/h3-10,19H,11-16H2,1-2H3,(H2,25,26,30). The Morgan fingerprint density at radius 2 is 1.84 bits per heavy atom. The zero-order valence-corrected chi connectivity index (χ0v) is 19.3. The molecule has 2 aromatic carbocycles. The normalized spacial score (nSPS) is 14.2. The number of nitrogens with zero attached hydrogens (tertiary/aromatic N) is 3. The molecule has 2 N–H and O–H groups in total. The summed E-state index contributed by atoms with van der Waals surface area (Å²) in [5, 5.41) is 6.85. The van der Waals surface area contributed by atoms with Crippen molar-refractivity contribution >= 4 is 28.4 Å². The highest BCUT2D eigenvalue weighted by molar-refractivity contribution is 7.09. The van der Waals surface area contributed by atoms with Crippen LogP contribution in [0.15, 0.2) is 48.5 Å². The first-order valence-electron chi connectivity index (χ1n) is 10.9. The van der Waals surface area contributed by atoms with Gasteiger partial charge < -0.3 is 20.3 Å². The Hall–Kier alpha value is -3.13. The number of aromatic nitrogens is 2. The van der Waals surface area contributed by atoms with E-state index in [1.54, 1.807) is 7.11 Å². The Morgan fingerprint density at radius 3 is 2.53 bits per heavy atom. The molecule has 0 radical (unpaired) electrons. The van der Waals surface area contributed by atoms with Crippen LogP contribution in [0.1, 0.15) is 29.8 Å². The summed E-state index contributed by atoms with van der Waals surface area (Å²) < 4.78 is 9.69. The molecule has 2 heterocycles. The van der Waals surface area contributed by atoms with Gasteiger partial charge in [0.2, 0.25) is 5.13 Å². The predicted molar refractivity (Wildman–Crippen MR) is 129 cm³/mol. The monoisotopic (exact) mass is 451 g/mol. The number of carbonyl (C=O) groups excluding carboxylic acids is 1. The maximum Gasteiger partial charge on any atom is 0.319 e. The topological polar surface area (TPSA) is 79.4 Å². The maximum atomic E-state index is 12.2. The van der Waals surface area contributed by atoms with Crippen LogP contribution in [0.3, 0.4) is 0 Å². The number of hydrogen-bond acceptors (Lipinski definition) is 6. The molecular formula is C24H29N5O2S. The number of anilines is 2. The van der Waals surface area contributed by atoms with Crippen molar-refractivity contribution in [3.8, 4) is 5.75 Å². The van der Waals surface area contributed by atoms with Crippen LogP contribution < -0.4 is 20.3 Å². The second-order valence-corrected chi connectivity index (χ2v) is 8.88. The molecule has 0 aliphatic carbocycles. The average Bonchev–Trinajstić information content (AvgIpc) is 3.28. The molecule has 4 rings (SSSR count). The number of rotatable bonds is 7. The summed E-state index contributed by atoms with van der Waals surface area (Å²) in [4.78, 5) is 19.3. The molecule has 0 saturated carbocycles.